The van der Waals surface area contributed by atoms with Crippen molar-refractivity contribution in [2.75, 3.05) is 11.9 Å². The molecule has 2 aliphatic rings. The van der Waals surface area contributed by atoms with Crippen LogP contribution < -0.4 is 10.6 Å². The predicted octanol–water partition coefficient (Wildman–Crippen LogP) is 5.16. The summed E-state index contributed by atoms with van der Waals surface area (Å²) >= 11 is 3.36. The number of halogens is 1. The number of aliphatic carboxylic acids is 1. The van der Waals surface area contributed by atoms with Gasteiger partial charge in [-0.2, -0.15) is 0 Å². The molecule has 1 saturated carbocycles. The molecule has 0 aliphatic heterocycles. The Morgan fingerprint density at radius 3 is 2.15 bits per heavy atom. The molecule has 5 rings (SSSR count). The Bertz CT molecular complexity index is 1270. The van der Waals surface area contributed by atoms with Crippen molar-refractivity contribution in [2.24, 2.45) is 0 Å². The molecular formula is C26H21BrN2O5. The van der Waals surface area contributed by atoms with Gasteiger partial charge in [0.25, 0.3) is 5.91 Å². The van der Waals surface area contributed by atoms with E-state index < -0.39 is 23.5 Å². The predicted molar refractivity (Wildman–Crippen MR) is 130 cm³/mol. The average Bonchev–Trinajstić information content (AvgIpc) is 3.55. The van der Waals surface area contributed by atoms with Crippen LogP contribution in [0.5, 0.6) is 0 Å². The van der Waals surface area contributed by atoms with Crippen LogP contribution in [0.3, 0.4) is 0 Å². The minimum atomic E-state index is -1.16. The highest BCUT2D eigenvalue weighted by Gasteiger charge is 2.51. The zero-order chi connectivity index (χ0) is 23.9. The van der Waals surface area contributed by atoms with Crippen molar-refractivity contribution in [3.05, 3.63) is 87.9 Å². The van der Waals surface area contributed by atoms with Crippen LogP contribution in [0.2, 0.25) is 0 Å². The van der Waals surface area contributed by atoms with Crippen LogP contribution in [-0.4, -0.2) is 35.2 Å². The summed E-state index contributed by atoms with van der Waals surface area (Å²) in [5, 5.41) is 14.5. The highest BCUT2D eigenvalue weighted by Crippen LogP contribution is 2.44. The molecular weight excluding hydrogens is 500 g/mol. The molecule has 1 fully saturated rings. The van der Waals surface area contributed by atoms with Crippen LogP contribution in [0.25, 0.3) is 11.1 Å². The SMILES string of the molecule is O=C(Nc1ccc(C(=O)NC2(C(=O)O)CC2)cc1Br)OCC1c2ccccc2-c2ccccc21. The lowest BCUT2D eigenvalue weighted by Gasteiger charge is -2.15. The van der Waals surface area contributed by atoms with Gasteiger partial charge >= 0.3 is 12.1 Å². The molecule has 7 nitrogen and oxygen atoms in total. The number of carboxylic acid groups (broad SMARTS) is 1. The summed E-state index contributed by atoms with van der Waals surface area (Å²) in [6, 6.07) is 20.8. The Kier molecular flexibility index (Phi) is 5.61. The number of nitrogens with one attached hydrogen (secondary N) is 2. The quantitative estimate of drug-likeness (QED) is 0.416. The van der Waals surface area contributed by atoms with E-state index >= 15 is 0 Å². The summed E-state index contributed by atoms with van der Waals surface area (Å²) in [4.78, 5) is 36.3. The van der Waals surface area contributed by atoms with Crippen molar-refractivity contribution >= 4 is 39.6 Å². The largest absolute Gasteiger partial charge is 0.480 e. The molecule has 2 aliphatic carbocycles. The van der Waals surface area contributed by atoms with Gasteiger partial charge in [0.05, 0.1) is 5.69 Å². The molecule has 2 amide bonds. The first-order valence-corrected chi connectivity index (χ1v) is 11.6. The summed E-state index contributed by atoms with van der Waals surface area (Å²) < 4.78 is 6.04. The van der Waals surface area contributed by atoms with Gasteiger partial charge in [0, 0.05) is 16.0 Å². The van der Waals surface area contributed by atoms with Crippen LogP contribution >= 0.6 is 15.9 Å². The molecule has 0 atom stereocenters. The van der Waals surface area contributed by atoms with E-state index in [1.807, 2.05) is 24.3 Å². The van der Waals surface area contributed by atoms with Gasteiger partial charge in [-0.25, -0.2) is 9.59 Å². The molecule has 3 aromatic carbocycles. The fourth-order valence-electron chi connectivity index (χ4n) is 4.31. The second-order valence-electron chi connectivity index (χ2n) is 8.49. The van der Waals surface area contributed by atoms with E-state index in [4.69, 9.17) is 4.74 Å². The molecule has 0 radical (unpaired) electrons. The van der Waals surface area contributed by atoms with Gasteiger partial charge in [0.1, 0.15) is 12.1 Å². The van der Waals surface area contributed by atoms with Gasteiger partial charge < -0.3 is 15.2 Å². The number of carboxylic acids is 1. The van der Waals surface area contributed by atoms with Gasteiger partial charge in [-0.3, -0.25) is 10.1 Å². The first-order chi connectivity index (χ1) is 16.4. The molecule has 0 bridgehead atoms. The number of rotatable bonds is 6. The Labute approximate surface area is 204 Å². The number of ether oxygens (including phenoxy) is 1. The maximum atomic E-state index is 12.5. The number of hydrogen-bond acceptors (Lipinski definition) is 4. The molecule has 172 valence electrons. The second-order valence-corrected chi connectivity index (χ2v) is 9.34. The molecule has 8 heteroatoms. The summed E-state index contributed by atoms with van der Waals surface area (Å²) in [6.07, 6.45) is 0.218. The first-order valence-electron chi connectivity index (χ1n) is 10.9. The average molecular weight is 521 g/mol. The van der Waals surface area contributed by atoms with E-state index in [9.17, 15) is 19.5 Å². The Morgan fingerprint density at radius 2 is 1.59 bits per heavy atom. The molecule has 3 N–H and O–H groups in total. The maximum absolute atomic E-state index is 12.5. The van der Waals surface area contributed by atoms with E-state index in [2.05, 4.69) is 50.8 Å². The van der Waals surface area contributed by atoms with Crippen molar-refractivity contribution < 1.29 is 24.2 Å². The van der Waals surface area contributed by atoms with Crippen molar-refractivity contribution in [1.29, 1.82) is 0 Å². The van der Waals surface area contributed by atoms with Gasteiger partial charge in [-0.1, -0.05) is 48.5 Å². The fraction of sp³-hybridized carbons (Fsp3) is 0.192. The second kappa shape index (κ2) is 8.61. The van der Waals surface area contributed by atoms with Crippen molar-refractivity contribution in [1.82, 2.24) is 5.32 Å². The van der Waals surface area contributed by atoms with Crippen LogP contribution in [0.1, 0.15) is 40.2 Å². The molecule has 3 aromatic rings. The lowest BCUT2D eigenvalue weighted by Crippen LogP contribution is -2.43. The maximum Gasteiger partial charge on any atom is 0.411 e. The van der Waals surface area contributed by atoms with Crippen LogP contribution in [0.4, 0.5) is 10.5 Å². The third-order valence-electron chi connectivity index (χ3n) is 6.32. The van der Waals surface area contributed by atoms with E-state index in [1.165, 1.54) is 12.1 Å². The highest BCUT2D eigenvalue weighted by atomic mass is 79.9. The zero-order valence-electron chi connectivity index (χ0n) is 18.0. The topological polar surface area (TPSA) is 105 Å². The van der Waals surface area contributed by atoms with E-state index in [1.54, 1.807) is 6.07 Å². The van der Waals surface area contributed by atoms with Gasteiger partial charge in [0.15, 0.2) is 0 Å². The standard InChI is InChI=1S/C26H21BrN2O5/c27-21-13-15(23(30)29-26(11-12-26)24(31)32)9-10-22(21)28-25(33)34-14-20-18-7-3-1-5-16(18)17-6-2-4-8-19(17)20/h1-10,13,20H,11-12,14H2,(H,28,33)(H,29,30)(H,31,32). The minimum Gasteiger partial charge on any atom is -0.480 e. The number of amides is 2. The van der Waals surface area contributed by atoms with Crippen LogP contribution in [0.15, 0.2) is 71.2 Å². The normalized spacial score (nSPS) is 15.1. The highest BCUT2D eigenvalue weighted by molar-refractivity contribution is 9.10. The molecule has 0 unspecified atom stereocenters. The molecule has 34 heavy (non-hydrogen) atoms. The monoisotopic (exact) mass is 520 g/mol. The van der Waals surface area contributed by atoms with Crippen LogP contribution in [0, 0.1) is 0 Å². The lowest BCUT2D eigenvalue weighted by atomic mass is 9.98. The molecule has 0 spiro atoms. The van der Waals surface area contributed by atoms with Crippen LogP contribution in [-0.2, 0) is 9.53 Å². The van der Waals surface area contributed by atoms with E-state index in [-0.39, 0.29) is 18.1 Å². The first kappa shape index (κ1) is 22.2. The van der Waals surface area contributed by atoms with Crippen molar-refractivity contribution in [3.8, 4) is 11.1 Å². The smallest absolute Gasteiger partial charge is 0.411 e. The summed E-state index contributed by atoms with van der Waals surface area (Å²) in [6.45, 7) is 0.190. The number of benzene rings is 3. The van der Waals surface area contributed by atoms with Crippen molar-refractivity contribution in [2.45, 2.75) is 24.3 Å². The third kappa shape index (κ3) is 4.05. The molecule has 0 aromatic heterocycles. The summed E-state index contributed by atoms with van der Waals surface area (Å²) in [5.41, 5.74) is 4.12. The Morgan fingerprint density at radius 1 is 0.971 bits per heavy atom. The van der Waals surface area contributed by atoms with E-state index in [0.717, 1.165) is 22.3 Å². The number of carbonyl (C=O) groups is 3. The number of fused-ring (bicyclic) bond motifs is 3. The Balaban J connectivity index is 1.23. The Hall–Kier alpha value is -3.65. The number of hydrogen-bond donors (Lipinski definition) is 3. The number of anilines is 1. The fourth-order valence-corrected chi connectivity index (χ4v) is 4.79. The van der Waals surface area contributed by atoms with E-state index in [0.29, 0.717) is 23.0 Å². The molecule has 0 heterocycles. The van der Waals surface area contributed by atoms with Crippen molar-refractivity contribution in [3.63, 3.8) is 0 Å². The van der Waals surface area contributed by atoms with Gasteiger partial charge in [-0.15, -0.1) is 0 Å². The van der Waals surface area contributed by atoms with Gasteiger partial charge in [0.2, 0.25) is 0 Å². The minimum absolute atomic E-state index is 0.0448. The zero-order valence-corrected chi connectivity index (χ0v) is 19.6. The lowest BCUT2D eigenvalue weighted by molar-refractivity contribution is -0.140. The third-order valence-corrected chi connectivity index (χ3v) is 6.98. The summed E-state index contributed by atoms with van der Waals surface area (Å²) in [5.74, 6) is -1.56. The molecule has 0 saturated heterocycles. The summed E-state index contributed by atoms with van der Waals surface area (Å²) in [7, 11) is 0. The van der Waals surface area contributed by atoms with Gasteiger partial charge in [-0.05, 0) is 69.2 Å². The number of carbonyl (C=O) groups excluding carboxylic acids is 2.